The first-order valence-corrected chi connectivity index (χ1v) is 6.95. The van der Waals surface area contributed by atoms with Crippen molar-refractivity contribution in [2.45, 2.75) is 6.54 Å². The van der Waals surface area contributed by atoms with E-state index in [1.807, 2.05) is 4.90 Å². The highest BCUT2D eigenvalue weighted by Gasteiger charge is 2.11. The van der Waals surface area contributed by atoms with E-state index in [1.54, 1.807) is 16.8 Å². The molecule has 1 saturated heterocycles. The van der Waals surface area contributed by atoms with E-state index in [1.165, 1.54) is 6.07 Å². The molecule has 1 aromatic heterocycles. The number of hydrogen-bond acceptors (Lipinski definition) is 3. The molecule has 0 radical (unpaired) electrons. The maximum absolute atomic E-state index is 11.6. The van der Waals surface area contributed by atoms with Crippen molar-refractivity contribution in [3.63, 3.8) is 0 Å². The van der Waals surface area contributed by atoms with Gasteiger partial charge in [0.25, 0.3) is 5.56 Å². The van der Waals surface area contributed by atoms with Gasteiger partial charge >= 0.3 is 0 Å². The van der Waals surface area contributed by atoms with Crippen LogP contribution in [-0.4, -0.2) is 48.3 Å². The second-order valence-electron chi connectivity index (χ2n) is 4.22. The Kier molecular flexibility index (Phi) is 4.98. The van der Waals surface area contributed by atoms with Crippen molar-refractivity contribution in [1.82, 2.24) is 9.47 Å². The van der Waals surface area contributed by atoms with Crippen LogP contribution in [0.3, 0.4) is 0 Å². The van der Waals surface area contributed by atoms with Crippen LogP contribution in [0.4, 0.5) is 0 Å². The van der Waals surface area contributed by atoms with Crippen molar-refractivity contribution in [2.75, 3.05) is 32.8 Å². The lowest BCUT2D eigenvalue weighted by Crippen LogP contribution is -2.45. The molecule has 1 aromatic rings. The van der Waals surface area contributed by atoms with Gasteiger partial charge in [-0.05, 0) is 22.0 Å². The number of guanidine groups is 1. The zero-order valence-corrected chi connectivity index (χ0v) is 12.2. The normalized spacial score (nSPS) is 16.7. The second-order valence-corrected chi connectivity index (χ2v) is 5.13. The highest BCUT2D eigenvalue weighted by atomic mass is 79.9. The number of pyridine rings is 1. The summed E-state index contributed by atoms with van der Waals surface area (Å²) in [7, 11) is 0. The summed E-state index contributed by atoms with van der Waals surface area (Å²) in [5.41, 5.74) is 5.87. The van der Waals surface area contributed by atoms with Crippen LogP contribution in [-0.2, 0) is 11.3 Å². The maximum atomic E-state index is 11.6. The minimum absolute atomic E-state index is 0.0386. The number of nitrogens with two attached hydrogens (primary N) is 1. The number of hydrogen-bond donors (Lipinski definition) is 1. The van der Waals surface area contributed by atoms with Crippen LogP contribution in [0.2, 0.25) is 0 Å². The Hall–Kier alpha value is -1.34. The van der Waals surface area contributed by atoms with Crippen LogP contribution < -0.4 is 11.3 Å². The Morgan fingerprint density at radius 3 is 2.89 bits per heavy atom. The zero-order chi connectivity index (χ0) is 13.7. The predicted molar refractivity (Wildman–Crippen MR) is 77.3 cm³/mol. The standard InChI is InChI=1S/C12H17BrN4O2/c13-10-1-2-11(18)17(9-10)4-3-15-12(14)16-5-7-19-8-6-16/h1-2,9H,3-8H2,(H2,14,15). The fourth-order valence-electron chi connectivity index (χ4n) is 1.84. The number of aliphatic imine (C=N–C) groups is 1. The van der Waals surface area contributed by atoms with E-state index >= 15 is 0 Å². The molecule has 0 atom stereocenters. The van der Waals surface area contributed by atoms with Crippen molar-refractivity contribution in [3.8, 4) is 0 Å². The van der Waals surface area contributed by atoms with Gasteiger partial charge in [0.05, 0.1) is 19.8 Å². The SMILES string of the molecule is NC(=NCCn1cc(Br)ccc1=O)N1CCOCC1. The summed E-state index contributed by atoms with van der Waals surface area (Å²) >= 11 is 3.34. The molecule has 0 aliphatic carbocycles. The van der Waals surface area contributed by atoms with Gasteiger partial charge in [-0.3, -0.25) is 9.79 Å². The molecule has 0 spiro atoms. The number of ether oxygens (including phenoxy) is 1. The summed E-state index contributed by atoms with van der Waals surface area (Å²) in [5.74, 6) is 0.520. The van der Waals surface area contributed by atoms with Gasteiger partial charge in [-0.2, -0.15) is 0 Å². The van der Waals surface area contributed by atoms with Crippen LogP contribution >= 0.6 is 15.9 Å². The van der Waals surface area contributed by atoms with Gasteiger partial charge in [0.2, 0.25) is 0 Å². The molecule has 2 N–H and O–H groups in total. The average Bonchev–Trinajstić information content (AvgIpc) is 2.43. The third kappa shape index (κ3) is 4.07. The maximum Gasteiger partial charge on any atom is 0.250 e. The average molecular weight is 329 g/mol. The van der Waals surface area contributed by atoms with E-state index in [0.29, 0.717) is 32.3 Å². The van der Waals surface area contributed by atoms with Gasteiger partial charge in [0, 0.05) is 36.4 Å². The third-order valence-corrected chi connectivity index (χ3v) is 3.37. The molecule has 1 fully saturated rings. The zero-order valence-electron chi connectivity index (χ0n) is 10.6. The topological polar surface area (TPSA) is 72.8 Å². The van der Waals surface area contributed by atoms with Gasteiger partial charge in [-0.1, -0.05) is 0 Å². The molecule has 104 valence electrons. The molecule has 2 rings (SSSR count). The monoisotopic (exact) mass is 328 g/mol. The molecule has 0 aromatic carbocycles. The number of halogens is 1. The first-order chi connectivity index (χ1) is 9.16. The van der Waals surface area contributed by atoms with Crippen LogP contribution in [0, 0.1) is 0 Å². The molecule has 0 saturated carbocycles. The lowest BCUT2D eigenvalue weighted by molar-refractivity contribution is 0.0674. The van der Waals surface area contributed by atoms with E-state index in [2.05, 4.69) is 20.9 Å². The Labute approximate surface area is 120 Å². The minimum Gasteiger partial charge on any atom is -0.378 e. The minimum atomic E-state index is -0.0386. The van der Waals surface area contributed by atoms with Gasteiger partial charge < -0.3 is 19.9 Å². The van der Waals surface area contributed by atoms with Crippen molar-refractivity contribution < 1.29 is 4.74 Å². The van der Waals surface area contributed by atoms with Crippen LogP contribution in [0.15, 0.2) is 32.6 Å². The molecule has 1 aliphatic heterocycles. The van der Waals surface area contributed by atoms with Gasteiger partial charge in [0.1, 0.15) is 0 Å². The summed E-state index contributed by atoms with van der Waals surface area (Å²) < 4.78 is 7.73. The number of rotatable bonds is 3. The number of nitrogens with zero attached hydrogens (tertiary/aromatic N) is 3. The van der Waals surface area contributed by atoms with Crippen LogP contribution in [0.1, 0.15) is 0 Å². The van der Waals surface area contributed by atoms with E-state index in [4.69, 9.17) is 10.5 Å². The summed E-state index contributed by atoms with van der Waals surface area (Å²) in [6, 6.07) is 3.25. The molecule has 0 amide bonds. The first-order valence-electron chi connectivity index (χ1n) is 6.15. The van der Waals surface area contributed by atoms with Crippen LogP contribution in [0.25, 0.3) is 0 Å². The Bertz CT molecular complexity index is 509. The molecule has 0 bridgehead atoms. The Morgan fingerprint density at radius 1 is 1.42 bits per heavy atom. The lowest BCUT2D eigenvalue weighted by Gasteiger charge is -2.27. The molecular weight excluding hydrogens is 312 g/mol. The fraction of sp³-hybridized carbons (Fsp3) is 0.500. The van der Waals surface area contributed by atoms with Crippen molar-refractivity contribution in [1.29, 1.82) is 0 Å². The highest BCUT2D eigenvalue weighted by Crippen LogP contribution is 2.04. The molecule has 7 heteroatoms. The predicted octanol–water partition coefficient (Wildman–Crippen LogP) is 0.258. The van der Waals surface area contributed by atoms with Crippen LogP contribution in [0.5, 0.6) is 0 Å². The lowest BCUT2D eigenvalue weighted by atomic mass is 10.4. The summed E-state index contributed by atoms with van der Waals surface area (Å²) in [6.45, 7) is 3.91. The third-order valence-electron chi connectivity index (χ3n) is 2.90. The summed E-state index contributed by atoms with van der Waals surface area (Å²) in [5, 5.41) is 0. The van der Waals surface area contributed by atoms with Crippen molar-refractivity contribution in [3.05, 3.63) is 33.2 Å². The Morgan fingerprint density at radius 2 is 2.16 bits per heavy atom. The second kappa shape index (κ2) is 6.72. The van der Waals surface area contributed by atoms with E-state index in [0.717, 1.165) is 17.6 Å². The highest BCUT2D eigenvalue weighted by molar-refractivity contribution is 9.10. The fourth-order valence-corrected chi connectivity index (χ4v) is 2.22. The summed E-state index contributed by atoms with van der Waals surface area (Å²) in [4.78, 5) is 17.9. The van der Waals surface area contributed by atoms with E-state index in [9.17, 15) is 4.79 Å². The Balaban J connectivity index is 1.91. The van der Waals surface area contributed by atoms with E-state index in [-0.39, 0.29) is 5.56 Å². The molecule has 0 unspecified atom stereocenters. The number of aromatic nitrogens is 1. The van der Waals surface area contributed by atoms with Crippen molar-refractivity contribution >= 4 is 21.9 Å². The largest absolute Gasteiger partial charge is 0.378 e. The molecular formula is C12H17BrN4O2. The molecule has 2 heterocycles. The van der Waals surface area contributed by atoms with Gasteiger partial charge in [-0.25, -0.2) is 0 Å². The van der Waals surface area contributed by atoms with Gasteiger partial charge in [0.15, 0.2) is 5.96 Å². The van der Waals surface area contributed by atoms with Crippen molar-refractivity contribution in [2.24, 2.45) is 10.7 Å². The molecule has 19 heavy (non-hydrogen) atoms. The number of morpholine rings is 1. The van der Waals surface area contributed by atoms with Gasteiger partial charge in [-0.15, -0.1) is 0 Å². The molecule has 1 aliphatic rings. The smallest absolute Gasteiger partial charge is 0.250 e. The van der Waals surface area contributed by atoms with E-state index < -0.39 is 0 Å². The summed E-state index contributed by atoms with van der Waals surface area (Å²) in [6.07, 6.45) is 1.75. The first kappa shape index (κ1) is 14.1. The quantitative estimate of drug-likeness (QED) is 0.638. The molecule has 6 nitrogen and oxygen atoms in total.